The molecule has 0 aliphatic heterocycles. The maximum Gasteiger partial charge on any atom is 0.446 e. The molecule has 0 spiro atoms. The van der Waals surface area contributed by atoms with Crippen molar-refractivity contribution in [1.29, 1.82) is 5.26 Å². The highest BCUT2D eigenvalue weighted by Crippen LogP contribution is 2.40. The van der Waals surface area contributed by atoms with Crippen molar-refractivity contribution in [1.82, 2.24) is 0 Å². The summed E-state index contributed by atoms with van der Waals surface area (Å²) in [5, 5.41) is 8.98. The third-order valence-corrected chi connectivity index (χ3v) is 3.44. The van der Waals surface area contributed by atoms with Crippen molar-refractivity contribution in [2.75, 3.05) is 0 Å². The first-order valence-corrected chi connectivity index (χ1v) is 7.05. The Balaban J connectivity index is 4.93. The van der Waals surface area contributed by atoms with Gasteiger partial charge in [0.25, 0.3) is 0 Å². The fourth-order valence-corrected chi connectivity index (χ4v) is 2.24. The van der Waals surface area contributed by atoms with Crippen LogP contribution >= 0.6 is 11.8 Å². The predicted octanol–water partition coefficient (Wildman–Crippen LogP) is 4.97. The highest BCUT2D eigenvalue weighted by Gasteiger charge is 2.31. The lowest BCUT2D eigenvalue weighted by molar-refractivity contribution is -0.118. The molecule has 6 heteroatoms. The molecule has 19 heavy (non-hydrogen) atoms. The number of alkyl halides is 3. The molecule has 0 heterocycles. The highest BCUT2D eigenvalue weighted by atomic mass is 32.2. The number of carbonyl (C=O) groups is 1. The number of hydrogen-bond acceptors (Lipinski definition) is 3. The van der Waals surface area contributed by atoms with Crippen molar-refractivity contribution in [2.45, 2.75) is 57.9 Å². The molecule has 0 amide bonds. The van der Waals surface area contributed by atoms with E-state index >= 15 is 0 Å². The molecule has 0 aromatic rings. The van der Waals surface area contributed by atoms with Crippen LogP contribution in [0.3, 0.4) is 0 Å². The van der Waals surface area contributed by atoms with Crippen LogP contribution in [0.4, 0.5) is 13.2 Å². The van der Waals surface area contributed by atoms with E-state index in [1.54, 1.807) is 6.92 Å². The van der Waals surface area contributed by atoms with Crippen molar-refractivity contribution < 1.29 is 18.0 Å². The van der Waals surface area contributed by atoms with Crippen LogP contribution in [0.5, 0.6) is 0 Å². The number of hydrogen-bond donors (Lipinski definition) is 0. The number of unbranched alkanes of at least 4 members (excludes halogenated alkanes) is 1. The SMILES string of the molecule is CCCC/C(SC(F)(F)F)=C(\C#N)CCC(=O)CC. The van der Waals surface area contributed by atoms with Gasteiger partial charge < -0.3 is 0 Å². The summed E-state index contributed by atoms with van der Waals surface area (Å²) in [4.78, 5) is 11.2. The van der Waals surface area contributed by atoms with Crippen LogP contribution in [0, 0.1) is 11.3 Å². The Labute approximate surface area is 116 Å². The van der Waals surface area contributed by atoms with Gasteiger partial charge in [-0.05, 0) is 31.0 Å². The van der Waals surface area contributed by atoms with E-state index in [-0.39, 0.29) is 47.3 Å². The lowest BCUT2D eigenvalue weighted by atomic mass is 10.1. The first-order valence-electron chi connectivity index (χ1n) is 6.23. The van der Waals surface area contributed by atoms with Gasteiger partial charge in [-0.25, -0.2) is 0 Å². The van der Waals surface area contributed by atoms with Gasteiger partial charge in [0.15, 0.2) is 0 Å². The first-order chi connectivity index (χ1) is 8.84. The van der Waals surface area contributed by atoms with Crippen LogP contribution in [0.1, 0.15) is 52.4 Å². The Kier molecular flexibility index (Phi) is 8.57. The lowest BCUT2D eigenvalue weighted by Gasteiger charge is -2.12. The molecule has 0 saturated carbocycles. The number of ketones is 1. The van der Waals surface area contributed by atoms with Gasteiger partial charge in [-0.3, -0.25) is 4.79 Å². The highest BCUT2D eigenvalue weighted by molar-refractivity contribution is 8.03. The summed E-state index contributed by atoms with van der Waals surface area (Å²) in [6.45, 7) is 3.57. The zero-order valence-corrected chi connectivity index (χ0v) is 12.0. The molecule has 0 radical (unpaired) electrons. The second kappa shape index (κ2) is 9.03. The Hall–Kier alpha value is -0.960. The maximum absolute atomic E-state index is 12.4. The summed E-state index contributed by atoms with van der Waals surface area (Å²) in [6.07, 6.45) is 2.18. The van der Waals surface area contributed by atoms with E-state index in [4.69, 9.17) is 5.26 Å². The average molecular weight is 293 g/mol. The van der Waals surface area contributed by atoms with E-state index in [1.807, 2.05) is 13.0 Å². The van der Waals surface area contributed by atoms with Crippen molar-refractivity contribution in [3.63, 3.8) is 0 Å². The molecule has 0 aliphatic rings. The quantitative estimate of drug-likeness (QED) is 0.593. The minimum Gasteiger partial charge on any atom is -0.300 e. The maximum atomic E-state index is 12.4. The summed E-state index contributed by atoms with van der Waals surface area (Å²) >= 11 is -0.220. The molecule has 0 atom stereocenters. The van der Waals surface area contributed by atoms with Crippen LogP contribution < -0.4 is 0 Å². The Morgan fingerprint density at radius 2 is 1.84 bits per heavy atom. The number of rotatable bonds is 8. The summed E-state index contributed by atoms with van der Waals surface area (Å²) in [7, 11) is 0. The minimum absolute atomic E-state index is 0.0420. The van der Waals surface area contributed by atoms with E-state index in [0.717, 1.165) is 6.42 Å². The molecule has 0 rings (SSSR count). The van der Waals surface area contributed by atoms with Crippen LogP contribution in [0.25, 0.3) is 0 Å². The topological polar surface area (TPSA) is 40.9 Å². The van der Waals surface area contributed by atoms with Crippen LogP contribution in [-0.4, -0.2) is 11.3 Å². The summed E-state index contributed by atoms with van der Waals surface area (Å²) < 4.78 is 37.3. The third kappa shape index (κ3) is 8.71. The van der Waals surface area contributed by atoms with Gasteiger partial charge in [0.2, 0.25) is 0 Å². The standard InChI is InChI=1S/C13H18F3NOS/c1-3-5-6-12(19-13(14,15)16)10(9-17)7-8-11(18)4-2/h3-8H2,1-2H3/b12-10+. The van der Waals surface area contributed by atoms with Gasteiger partial charge in [-0.2, -0.15) is 18.4 Å². The van der Waals surface area contributed by atoms with E-state index in [0.29, 0.717) is 12.8 Å². The fourth-order valence-electron chi connectivity index (χ4n) is 1.44. The van der Waals surface area contributed by atoms with Crippen molar-refractivity contribution in [3.05, 3.63) is 10.5 Å². The van der Waals surface area contributed by atoms with Crippen LogP contribution in [0.2, 0.25) is 0 Å². The molecule has 0 N–H and O–H groups in total. The third-order valence-electron chi connectivity index (χ3n) is 2.52. The van der Waals surface area contributed by atoms with Crippen molar-refractivity contribution in [2.24, 2.45) is 0 Å². The molecule has 0 saturated heterocycles. The molecule has 2 nitrogen and oxygen atoms in total. The number of nitriles is 1. The van der Waals surface area contributed by atoms with E-state index in [1.165, 1.54) is 0 Å². The molecule has 0 aliphatic carbocycles. The normalized spacial score (nSPS) is 12.8. The second-order valence-corrected chi connectivity index (χ2v) is 5.22. The molecule has 108 valence electrons. The number of carbonyl (C=O) groups excluding carboxylic acids is 1. The number of Topliss-reactive ketones (excluding diaryl/α,β-unsaturated/α-hetero) is 1. The van der Waals surface area contributed by atoms with E-state index in [2.05, 4.69) is 0 Å². The molecule has 0 aromatic carbocycles. The Morgan fingerprint density at radius 1 is 1.21 bits per heavy atom. The summed E-state index contributed by atoms with van der Waals surface area (Å²) in [5.41, 5.74) is -4.29. The van der Waals surface area contributed by atoms with Crippen molar-refractivity contribution >= 4 is 17.5 Å². The van der Waals surface area contributed by atoms with Gasteiger partial charge >= 0.3 is 5.51 Å². The summed E-state index contributed by atoms with van der Waals surface area (Å²) in [6, 6.07) is 1.82. The molecular weight excluding hydrogens is 275 g/mol. The number of halogens is 3. The van der Waals surface area contributed by atoms with Gasteiger partial charge in [0.05, 0.1) is 6.07 Å². The molecule has 0 unspecified atom stereocenters. The lowest BCUT2D eigenvalue weighted by Crippen LogP contribution is -2.03. The van der Waals surface area contributed by atoms with Crippen LogP contribution in [0.15, 0.2) is 10.5 Å². The van der Waals surface area contributed by atoms with Gasteiger partial charge in [0.1, 0.15) is 5.78 Å². The molecule has 0 fully saturated rings. The Morgan fingerprint density at radius 3 is 2.26 bits per heavy atom. The first kappa shape index (κ1) is 18.0. The molecule has 0 aromatic heterocycles. The zero-order chi connectivity index (χ0) is 14.9. The number of allylic oxidation sites excluding steroid dienone is 2. The fraction of sp³-hybridized carbons (Fsp3) is 0.692. The second-order valence-electron chi connectivity index (χ2n) is 4.06. The monoisotopic (exact) mass is 293 g/mol. The zero-order valence-electron chi connectivity index (χ0n) is 11.1. The average Bonchev–Trinajstić information content (AvgIpc) is 2.34. The smallest absolute Gasteiger partial charge is 0.300 e. The number of thioether (sulfide) groups is 1. The van der Waals surface area contributed by atoms with Crippen LogP contribution in [-0.2, 0) is 4.79 Å². The Bertz CT molecular complexity index is 369. The molecule has 0 bridgehead atoms. The van der Waals surface area contributed by atoms with Gasteiger partial charge in [-0.15, -0.1) is 0 Å². The molecular formula is C13H18F3NOS. The number of nitrogens with zero attached hydrogens (tertiary/aromatic N) is 1. The van der Waals surface area contributed by atoms with Crippen molar-refractivity contribution in [3.8, 4) is 6.07 Å². The van der Waals surface area contributed by atoms with E-state index in [9.17, 15) is 18.0 Å². The largest absolute Gasteiger partial charge is 0.446 e. The van der Waals surface area contributed by atoms with Gasteiger partial charge in [-0.1, -0.05) is 20.3 Å². The summed E-state index contributed by atoms with van der Waals surface area (Å²) in [5.74, 6) is -0.0420. The van der Waals surface area contributed by atoms with Gasteiger partial charge in [0, 0.05) is 23.3 Å². The van der Waals surface area contributed by atoms with E-state index < -0.39 is 5.51 Å². The predicted molar refractivity (Wildman–Crippen MR) is 70.3 cm³/mol. The minimum atomic E-state index is -4.39.